The predicted octanol–water partition coefficient (Wildman–Crippen LogP) is 11.8. The van der Waals surface area contributed by atoms with Crippen LogP contribution in [0.25, 0.3) is 22.0 Å². The van der Waals surface area contributed by atoms with Crippen LogP contribution < -0.4 is 0 Å². The van der Waals surface area contributed by atoms with Gasteiger partial charge in [-0.15, -0.1) is 34.9 Å². The SMILES string of the molecule is CC(C)(C)CC(C)(C)C(=O)/C=C(\O)C(C)(C)CC(C)(C)C.CCC(C)c1ccc2c(-c3[c-]c(C)cc(C)c3)nccc2c1.[Ir]. The molecule has 1 radical (unpaired) electrons. The molecular weight excluding hydrogens is 719 g/mol. The molecule has 1 aromatic heterocycles. The number of carbonyl (C=O) groups excluding carboxylic acids is 1. The normalized spacial score (nSPS) is 13.5. The molecule has 0 spiro atoms. The van der Waals surface area contributed by atoms with Crippen LogP contribution in [-0.2, 0) is 24.9 Å². The Hall–Kier alpha value is -2.29. The molecule has 245 valence electrons. The Morgan fingerprint density at radius 1 is 0.886 bits per heavy atom. The van der Waals surface area contributed by atoms with Gasteiger partial charge in [-0.3, -0.25) is 4.79 Å². The standard InChI is InChI=1S/C21H22N.C19H36O2.Ir/c1-5-16(4)17-6-7-20-18(13-17)8-9-22-21(20)19-11-14(2)10-15(3)12-19;1-16(2,3)12-18(7,8)14(20)11-15(21)19(9,10)13-17(4,5)6;/h6-11,13,16H,5H2,1-4H3;11,20H,12-13H2,1-10H3;/q-1;;/b;14-11-;. The molecule has 3 rings (SSSR count). The van der Waals surface area contributed by atoms with Crippen LogP contribution in [0.15, 0.2) is 54.4 Å². The predicted molar refractivity (Wildman–Crippen MR) is 186 cm³/mol. The van der Waals surface area contributed by atoms with Crippen molar-refractivity contribution >= 4 is 16.6 Å². The fourth-order valence-corrected chi connectivity index (χ4v) is 6.32. The molecule has 1 heterocycles. The molecule has 1 N–H and O–H groups in total. The van der Waals surface area contributed by atoms with Crippen LogP contribution in [0.5, 0.6) is 0 Å². The second kappa shape index (κ2) is 15.3. The fourth-order valence-electron chi connectivity index (χ4n) is 6.32. The van der Waals surface area contributed by atoms with Crippen LogP contribution >= 0.6 is 0 Å². The number of pyridine rings is 1. The Morgan fingerprint density at radius 2 is 1.45 bits per heavy atom. The summed E-state index contributed by atoms with van der Waals surface area (Å²) in [6.45, 7) is 29.5. The molecule has 0 aliphatic carbocycles. The second-order valence-electron chi connectivity index (χ2n) is 16.3. The number of benzene rings is 2. The Bertz CT molecular complexity index is 1410. The van der Waals surface area contributed by atoms with Crippen molar-refractivity contribution in [2.75, 3.05) is 0 Å². The minimum absolute atomic E-state index is 0. The van der Waals surface area contributed by atoms with E-state index in [4.69, 9.17) is 0 Å². The quantitative estimate of drug-likeness (QED) is 0.141. The van der Waals surface area contributed by atoms with E-state index in [1.165, 1.54) is 28.0 Å². The Balaban J connectivity index is 0.000000431. The van der Waals surface area contributed by atoms with Gasteiger partial charge in [0.2, 0.25) is 0 Å². The van der Waals surface area contributed by atoms with Gasteiger partial charge in [0.05, 0.1) is 0 Å². The summed E-state index contributed by atoms with van der Waals surface area (Å²) in [7, 11) is 0. The topological polar surface area (TPSA) is 50.2 Å². The van der Waals surface area contributed by atoms with Gasteiger partial charge in [-0.25, -0.2) is 0 Å². The number of hydrogen-bond donors (Lipinski definition) is 1. The van der Waals surface area contributed by atoms with Gasteiger partial charge in [0.15, 0.2) is 5.78 Å². The van der Waals surface area contributed by atoms with Crippen LogP contribution in [0.2, 0.25) is 0 Å². The van der Waals surface area contributed by atoms with Crippen molar-refractivity contribution < 1.29 is 30.0 Å². The summed E-state index contributed by atoms with van der Waals surface area (Å²) in [4.78, 5) is 17.2. The maximum Gasteiger partial charge on any atom is 0.164 e. The number of aliphatic hydroxyl groups is 1. The van der Waals surface area contributed by atoms with E-state index in [0.29, 0.717) is 5.92 Å². The van der Waals surface area contributed by atoms with E-state index in [9.17, 15) is 9.90 Å². The summed E-state index contributed by atoms with van der Waals surface area (Å²) in [6, 6.07) is 16.6. The number of aromatic nitrogens is 1. The summed E-state index contributed by atoms with van der Waals surface area (Å²) < 4.78 is 0. The maximum absolute atomic E-state index is 12.5. The molecule has 0 aliphatic rings. The molecule has 0 fully saturated rings. The number of allylic oxidation sites excluding steroid dienone is 2. The van der Waals surface area contributed by atoms with Crippen molar-refractivity contribution in [2.45, 2.75) is 122 Å². The van der Waals surface area contributed by atoms with Gasteiger partial charge >= 0.3 is 0 Å². The van der Waals surface area contributed by atoms with Gasteiger partial charge in [0, 0.05) is 43.2 Å². The Labute approximate surface area is 282 Å². The smallest absolute Gasteiger partial charge is 0.164 e. The number of nitrogens with zero attached hydrogens (tertiary/aromatic N) is 1. The minimum atomic E-state index is -0.454. The van der Waals surface area contributed by atoms with E-state index in [-0.39, 0.29) is 47.9 Å². The van der Waals surface area contributed by atoms with Crippen LogP contribution in [0.1, 0.15) is 125 Å². The van der Waals surface area contributed by atoms with Crippen molar-refractivity contribution in [3.8, 4) is 11.3 Å². The summed E-state index contributed by atoms with van der Waals surface area (Å²) in [5.41, 5.74) is 5.27. The average molecular weight is 777 g/mol. The molecule has 0 saturated carbocycles. The van der Waals surface area contributed by atoms with E-state index in [1.54, 1.807) is 0 Å². The van der Waals surface area contributed by atoms with Gasteiger partial charge in [0.1, 0.15) is 5.76 Å². The average Bonchev–Trinajstić information content (AvgIpc) is 2.84. The van der Waals surface area contributed by atoms with Crippen LogP contribution in [0.4, 0.5) is 0 Å². The van der Waals surface area contributed by atoms with E-state index in [0.717, 1.165) is 36.1 Å². The summed E-state index contributed by atoms with van der Waals surface area (Å²) in [5.74, 6) is 0.801. The first-order valence-corrected chi connectivity index (χ1v) is 15.9. The number of aryl methyl sites for hydroxylation is 2. The zero-order valence-corrected chi connectivity index (χ0v) is 32.3. The molecule has 44 heavy (non-hydrogen) atoms. The number of hydrogen-bond acceptors (Lipinski definition) is 3. The van der Waals surface area contributed by atoms with Crippen LogP contribution in [0.3, 0.4) is 0 Å². The number of aliphatic hydroxyl groups excluding tert-OH is 1. The van der Waals surface area contributed by atoms with Crippen molar-refractivity contribution in [2.24, 2.45) is 21.7 Å². The summed E-state index contributed by atoms with van der Waals surface area (Å²) in [6.07, 6.45) is 6.15. The second-order valence-corrected chi connectivity index (χ2v) is 16.3. The van der Waals surface area contributed by atoms with Crippen molar-refractivity contribution in [3.63, 3.8) is 0 Å². The first kappa shape index (κ1) is 39.7. The summed E-state index contributed by atoms with van der Waals surface area (Å²) in [5, 5.41) is 12.9. The fraction of sp³-hybridized carbons (Fsp3) is 0.550. The number of rotatable bonds is 8. The molecule has 0 bridgehead atoms. The first-order chi connectivity index (χ1) is 19.5. The number of carbonyl (C=O) groups is 1. The molecule has 2 aromatic carbocycles. The minimum Gasteiger partial charge on any atom is -0.512 e. The Morgan fingerprint density at radius 3 is 1.98 bits per heavy atom. The third-order valence-electron chi connectivity index (χ3n) is 7.95. The van der Waals surface area contributed by atoms with Gasteiger partial charge in [-0.2, -0.15) is 0 Å². The van der Waals surface area contributed by atoms with Gasteiger partial charge in [0.25, 0.3) is 0 Å². The van der Waals surface area contributed by atoms with E-state index >= 15 is 0 Å². The van der Waals surface area contributed by atoms with E-state index in [2.05, 4.69) is 117 Å². The summed E-state index contributed by atoms with van der Waals surface area (Å²) >= 11 is 0. The largest absolute Gasteiger partial charge is 0.512 e. The monoisotopic (exact) mass is 777 g/mol. The Kier molecular flexibility index (Phi) is 13.8. The van der Waals surface area contributed by atoms with Crippen molar-refractivity contribution in [3.05, 3.63) is 77.2 Å². The third kappa shape index (κ3) is 11.9. The van der Waals surface area contributed by atoms with E-state index < -0.39 is 5.41 Å². The molecule has 1 atom stereocenters. The van der Waals surface area contributed by atoms with Gasteiger partial charge < -0.3 is 10.1 Å². The third-order valence-corrected chi connectivity index (χ3v) is 7.95. The zero-order valence-electron chi connectivity index (χ0n) is 30.0. The molecular formula is C40H58IrNO2-. The van der Waals surface area contributed by atoms with Crippen LogP contribution in [0, 0.1) is 41.6 Å². The van der Waals surface area contributed by atoms with Gasteiger partial charge in [-0.05, 0) is 64.1 Å². The maximum atomic E-state index is 12.5. The van der Waals surface area contributed by atoms with Gasteiger partial charge in [-0.1, -0.05) is 115 Å². The first-order valence-electron chi connectivity index (χ1n) is 15.9. The molecule has 1 unspecified atom stereocenters. The van der Waals surface area contributed by atoms with E-state index in [1.807, 2.05) is 33.9 Å². The number of ketones is 1. The molecule has 3 aromatic rings. The van der Waals surface area contributed by atoms with Crippen molar-refractivity contribution in [1.82, 2.24) is 4.98 Å². The molecule has 3 nitrogen and oxygen atoms in total. The van der Waals surface area contributed by atoms with Crippen molar-refractivity contribution in [1.29, 1.82) is 0 Å². The molecule has 4 heteroatoms. The van der Waals surface area contributed by atoms with Crippen LogP contribution in [-0.4, -0.2) is 15.9 Å². The number of fused-ring (bicyclic) bond motifs is 1. The molecule has 0 amide bonds. The zero-order chi connectivity index (χ0) is 33.0. The molecule has 0 saturated heterocycles. The molecule has 0 aliphatic heterocycles.